The number of carbonyl (C=O) groups excluding carboxylic acids is 3. The predicted molar refractivity (Wildman–Crippen MR) is 249 cm³/mol. The molecule has 0 aliphatic heterocycles. The lowest BCUT2D eigenvalue weighted by Gasteiger charge is -2.32. The number of hydrogen-bond acceptors (Lipinski definition) is 9. The van der Waals surface area contributed by atoms with Crippen molar-refractivity contribution in [2.45, 2.75) is 178 Å². The average molecular weight is 863 g/mol. The minimum Gasteiger partial charge on any atom is -0.486 e. The van der Waals surface area contributed by atoms with Gasteiger partial charge >= 0.3 is 8.60 Å². The Labute approximate surface area is 369 Å². The minimum atomic E-state index is -2.26. The number of Topliss-reactive ketones (excluding diaryl/α,β-unsaturated/α-hetero) is 3. The topological polar surface area (TPSA) is 107 Å². The fraction of sp³-hybridized carbons (Fsp3) is 0.588. The van der Waals surface area contributed by atoms with Crippen LogP contribution < -0.4 is 27.8 Å². The van der Waals surface area contributed by atoms with Crippen molar-refractivity contribution in [1.82, 2.24) is 0 Å². The van der Waals surface area contributed by atoms with Gasteiger partial charge in [0.15, 0.2) is 17.3 Å². The summed E-state index contributed by atoms with van der Waals surface area (Å²) < 4.78 is 39.9. The lowest BCUT2D eigenvalue weighted by molar-refractivity contribution is -0.119. The first kappa shape index (κ1) is 51.3. The van der Waals surface area contributed by atoms with E-state index in [-0.39, 0.29) is 53.4 Å². The van der Waals surface area contributed by atoms with E-state index in [0.717, 1.165) is 46.2 Å². The minimum absolute atomic E-state index is 0.0366. The molecule has 0 bridgehead atoms. The van der Waals surface area contributed by atoms with E-state index in [9.17, 15) is 14.4 Å². The molecule has 0 aromatic heterocycles. The lowest BCUT2D eigenvalue weighted by atomic mass is 9.81. The third-order valence-electron chi connectivity index (χ3n) is 9.98. The van der Waals surface area contributed by atoms with Crippen LogP contribution in [-0.2, 0) is 47.9 Å². The molecule has 3 aromatic carbocycles. The van der Waals surface area contributed by atoms with Gasteiger partial charge in [-0.25, -0.2) is 0 Å². The second kappa shape index (κ2) is 19.9. The molecule has 3 rings (SSSR count). The lowest BCUT2D eigenvalue weighted by Crippen LogP contribution is -2.21. The fourth-order valence-corrected chi connectivity index (χ4v) is 7.71. The van der Waals surface area contributed by atoms with E-state index >= 15 is 0 Å². The molecule has 10 heteroatoms. The number of carbonyl (C=O) groups is 3. The standard InChI is InChI=1S/C51H75O9P/c1-20-21-22-35-23-42(55-29-32(2)52)36(47(5,6)7)24-41(35)58-61(59-45-27-37(48(8,9)10)43(56-30-33(3)53)25-39(45)50(14,15)16)60-46-28-38(49(11,12)13)44(57-31-34(4)54)26-40(46)51(17,18)19/h23-28H,20-22,29-31H2,1-19H3. The third kappa shape index (κ3) is 14.8. The smallest absolute Gasteiger partial charge is 0.486 e. The van der Waals surface area contributed by atoms with Crippen molar-refractivity contribution in [2.75, 3.05) is 19.8 Å². The van der Waals surface area contributed by atoms with E-state index in [1.54, 1.807) is 0 Å². The highest BCUT2D eigenvalue weighted by Gasteiger charge is 2.35. The third-order valence-corrected chi connectivity index (χ3v) is 11.0. The molecule has 9 nitrogen and oxygen atoms in total. The van der Waals surface area contributed by atoms with Crippen LogP contribution in [0, 0.1) is 0 Å². The van der Waals surface area contributed by atoms with Crippen molar-refractivity contribution in [1.29, 1.82) is 0 Å². The highest BCUT2D eigenvalue weighted by atomic mass is 31.2. The van der Waals surface area contributed by atoms with Crippen LogP contribution in [0.3, 0.4) is 0 Å². The average Bonchev–Trinajstić information content (AvgIpc) is 3.09. The van der Waals surface area contributed by atoms with Gasteiger partial charge < -0.3 is 27.8 Å². The summed E-state index contributed by atoms with van der Waals surface area (Å²) in [6.45, 7) is 38.1. The zero-order chi connectivity index (χ0) is 46.5. The van der Waals surface area contributed by atoms with Gasteiger partial charge in [0.25, 0.3) is 0 Å². The molecule has 0 saturated carbocycles. The number of benzene rings is 3. The molecule has 0 heterocycles. The molecular weight excluding hydrogens is 788 g/mol. The van der Waals surface area contributed by atoms with E-state index in [4.69, 9.17) is 27.8 Å². The van der Waals surface area contributed by atoms with Gasteiger partial charge in [0.05, 0.1) is 0 Å². The van der Waals surface area contributed by atoms with Gasteiger partial charge in [-0.3, -0.25) is 14.4 Å². The van der Waals surface area contributed by atoms with E-state index in [1.807, 2.05) is 36.4 Å². The number of ether oxygens (including phenoxy) is 3. The van der Waals surface area contributed by atoms with Crippen molar-refractivity contribution in [2.24, 2.45) is 0 Å². The first-order chi connectivity index (χ1) is 27.8. The summed E-state index contributed by atoms with van der Waals surface area (Å²) in [7, 11) is -2.26. The van der Waals surface area contributed by atoms with Crippen LogP contribution in [0.2, 0.25) is 0 Å². The molecule has 0 saturated heterocycles. The van der Waals surface area contributed by atoms with Gasteiger partial charge in [0.1, 0.15) is 54.3 Å². The van der Waals surface area contributed by atoms with Crippen LogP contribution in [0.25, 0.3) is 0 Å². The van der Waals surface area contributed by atoms with Crippen molar-refractivity contribution < 1.29 is 42.2 Å². The number of unbranched alkanes of at least 4 members (excludes halogenated alkanes) is 1. The summed E-state index contributed by atoms with van der Waals surface area (Å²) in [6, 6.07) is 12.0. The summed E-state index contributed by atoms with van der Waals surface area (Å²) in [5.74, 6) is 3.41. The van der Waals surface area contributed by atoms with Crippen LogP contribution in [0.1, 0.15) is 178 Å². The zero-order valence-corrected chi connectivity index (χ0v) is 41.7. The van der Waals surface area contributed by atoms with Gasteiger partial charge in [-0.15, -0.1) is 0 Å². The zero-order valence-electron chi connectivity index (χ0n) is 40.8. The van der Waals surface area contributed by atoms with E-state index in [2.05, 4.69) is 111 Å². The fourth-order valence-electron chi connectivity index (χ4n) is 6.64. The van der Waals surface area contributed by atoms with Crippen LogP contribution in [0.4, 0.5) is 0 Å². The number of hydrogen-bond donors (Lipinski definition) is 0. The van der Waals surface area contributed by atoms with E-state index < -0.39 is 19.4 Å². The molecule has 0 N–H and O–H groups in total. The molecule has 338 valence electrons. The summed E-state index contributed by atoms with van der Waals surface area (Å²) in [5.41, 5.74) is 3.26. The Morgan fingerprint density at radius 2 is 0.689 bits per heavy atom. The number of rotatable bonds is 18. The van der Waals surface area contributed by atoms with Crippen molar-refractivity contribution in [3.63, 3.8) is 0 Å². The van der Waals surface area contributed by atoms with Gasteiger partial charge in [0.2, 0.25) is 0 Å². The first-order valence-corrected chi connectivity index (χ1v) is 22.7. The molecule has 0 aliphatic rings. The van der Waals surface area contributed by atoms with E-state index in [1.165, 1.54) is 20.8 Å². The monoisotopic (exact) mass is 863 g/mol. The molecule has 0 unspecified atom stereocenters. The maximum atomic E-state index is 12.1. The molecule has 61 heavy (non-hydrogen) atoms. The second-order valence-corrected chi connectivity index (χ2v) is 22.5. The summed E-state index contributed by atoms with van der Waals surface area (Å²) in [6.07, 6.45) is 2.55. The Hall–Kier alpha value is -4.10. The molecule has 0 atom stereocenters. The van der Waals surface area contributed by atoms with Crippen LogP contribution in [0.5, 0.6) is 34.5 Å². The summed E-state index contributed by atoms with van der Waals surface area (Å²) in [4.78, 5) is 36.4. The number of ketones is 3. The molecule has 0 spiro atoms. The molecule has 3 aromatic rings. The Kier molecular flexibility index (Phi) is 16.8. The highest BCUT2D eigenvalue weighted by Crippen LogP contribution is 2.52. The molecule has 0 amide bonds. The highest BCUT2D eigenvalue weighted by molar-refractivity contribution is 7.43. The Balaban J connectivity index is 2.48. The van der Waals surface area contributed by atoms with E-state index in [0.29, 0.717) is 40.9 Å². The quantitative estimate of drug-likeness (QED) is 0.116. The SMILES string of the molecule is CCCCc1cc(OCC(C)=O)c(C(C)(C)C)cc1OP(Oc1cc(C(C)(C)C)c(OCC(C)=O)cc1C(C)(C)C)Oc1cc(C(C)(C)C)c(OCC(C)=O)cc1C(C)(C)C. The Morgan fingerprint density at radius 3 is 0.984 bits per heavy atom. The van der Waals surface area contributed by atoms with Crippen LogP contribution >= 0.6 is 8.60 Å². The molecular formula is C51H75O9P. The second-order valence-electron chi connectivity index (χ2n) is 21.5. The van der Waals surface area contributed by atoms with Crippen LogP contribution in [-0.4, -0.2) is 37.2 Å². The summed E-state index contributed by atoms with van der Waals surface area (Å²) >= 11 is 0. The van der Waals surface area contributed by atoms with Gasteiger partial charge in [0, 0.05) is 27.8 Å². The molecule has 0 radical (unpaired) electrons. The van der Waals surface area contributed by atoms with Crippen LogP contribution in [0.15, 0.2) is 36.4 Å². The number of aryl methyl sites for hydroxylation is 1. The van der Waals surface area contributed by atoms with Gasteiger partial charge in [-0.1, -0.05) is 117 Å². The molecule has 0 fully saturated rings. The molecule has 0 aliphatic carbocycles. The predicted octanol–water partition coefficient (Wildman–Crippen LogP) is 13.2. The maximum absolute atomic E-state index is 12.1. The Bertz CT molecular complexity index is 1930. The largest absolute Gasteiger partial charge is 0.530 e. The van der Waals surface area contributed by atoms with Gasteiger partial charge in [-0.2, -0.15) is 0 Å². The Morgan fingerprint density at radius 1 is 0.426 bits per heavy atom. The summed E-state index contributed by atoms with van der Waals surface area (Å²) in [5, 5.41) is 0. The van der Waals surface area contributed by atoms with Crippen molar-refractivity contribution >= 4 is 26.0 Å². The normalized spacial score (nSPS) is 12.6. The first-order valence-electron chi connectivity index (χ1n) is 21.6. The van der Waals surface area contributed by atoms with Gasteiger partial charge in [-0.05, 0) is 103 Å². The van der Waals surface area contributed by atoms with Crippen molar-refractivity contribution in [3.05, 3.63) is 69.8 Å². The maximum Gasteiger partial charge on any atom is 0.530 e. The van der Waals surface area contributed by atoms with Crippen molar-refractivity contribution in [3.8, 4) is 34.5 Å².